The number of hydrogen-bond acceptors (Lipinski definition) is 1. The number of hydrogen-bond donors (Lipinski definition) is 1. The zero-order valence-electron chi connectivity index (χ0n) is 12.7. The number of aromatic amines is 1. The quantitative estimate of drug-likeness (QED) is 0.732. The molecule has 0 aliphatic heterocycles. The van der Waals surface area contributed by atoms with E-state index in [0.717, 1.165) is 35.7 Å². The fraction of sp³-hybridized carbons (Fsp3) is 0.500. The zero-order valence-corrected chi connectivity index (χ0v) is 13.5. The molecule has 0 saturated heterocycles. The van der Waals surface area contributed by atoms with Gasteiger partial charge in [0.05, 0.1) is 0 Å². The van der Waals surface area contributed by atoms with E-state index < -0.39 is 0 Å². The van der Waals surface area contributed by atoms with E-state index in [4.69, 9.17) is 11.6 Å². The van der Waals surface area contributed by atoms with Gasteiger partial charge in [0, 0.05) is 33.1 Å². The first kappa shape index (κ1) is 14.6. The molecule has 0 unspecified atom stereocenters. The number of ketones is 1. The number of carbonyl (C=O) groups excluding carboxylic acids is 1. The molecular weight excluding hydrogens is 282 g/mol. The molecule has 1 N–H and O–H groups in total. The zero-order chi connectivity index (χ0) is 15.0. The van der Waals surface area contributed by atoms with Crippen molar-refractivity contribution in [2.75, 3.05) is 0 Å². The van der Waals surface area contributed by atoms with Crippen LogP contribution in [0.15, 0.2) is 24.4 Å². The highest BCUT2D eigenvalue weighted by Crippen LogP contribution is 2.46. The summed E-state index contributed by atoms with van der Waals surface area (Å²) in [7, 11) is 0. The summed E-state index contributed by atoms with van der Waals surface area (Å²) in [6.07, 6.45) is 7.24. The normalized spacial score (nSPS) is 17.7. The molecule has 2 aromatic rings. The van der Waals surface area contributed by atoms with Gasteiger partial charge in [-0.15, -0.1) is 0 Å². The monoisotopic (exact) mass is 303 g/mol. The lowest BCUT2D eigenvalue weighted by atomic mass is 9.73. The molecule has 2 nitrogen and oxygen atoms in total. The Bertz CT molecular complexity index is 665. The predicted octanol–water partition coefficient (Wildman–Crippen LogP) is 5.61. The van der Waals surface area contributed by atoms with Gasteiger partial charge < -0.3 is 4.98 Å². The van der Waals surface area contributed by atoms with Gasteiger partial charge in [-0.1, -0.05) is 38.3 Å². The molecule has 0 atom stereocenters. The van der Waals surface area contributed by atoms with Crippen molar-refractivity contribution in [3.63, 3.8) is 0 Å². The van der Waals surface area contributed by atoms with E-state index in [1.807, 2.05) is 24.4 Å². The highest BCUT2D eigenvalue weighted by Gasteiger charge is 2.42. The Kier molecular flexibility index (Phi) is 3.83. The molecule has 1 fully saturated rings. The van der Waals surface area contributed by atoms with Crippen molar-refractivity contribution in [1.29, 1.82) is 0 Å². The summed E-state index contributed by atoms with van der Waals surface area (Å²) < 4.78 is 0. The standard InChI is InChI=1S/C18H22ClNO/c1-12(2)10-18(7-3-4-8-18)17(21)15-11-20-16-6-5-13(19)9-14(15)16/h5-6,9,11-12,20H,3-4,7-8,10H2,1-2H3. The van der Waals surface area contributed by atoms with Gasteiger partial charge in [-0.3, -0.25) is 4.79 Å². The maximum Gasteiger partial charge on any atom is 0.171 e. The van der Waals surface area contributed by atoms with Gasteiger partial charge in [0.25, 0.3) is 0 Å². The molecular formula is C18H22ClNO. The van der Waals surface area contributed by atoms with Gasteiger partial charge in [0.2, 0.25) is 0 Å². The number of carbonyl (C=O) groups is 1. The van der Waals surface area contributed by atoms with Gasteiger partial charge in [0.1, 0.15) is 0 Å². The van der Waals surface area contributed by atoms with Crippen LogP contribution in [0.25, 0.3) is 10.9 Å². The fourth-order valence-corrected chi connectivity index (χ4v) is 4.10. The number of nitrogens with one attached hydrogen (secondary N) is 1. The fourth-order valence-electron chi connectivity index (χ4n) is 3.92. The second kappa shape index (κ2) is 5.49. The molecule has 21 heavy (non-hydrogen) atoms. The Morgan fingerprint density at radius 2 is 2.05 bits per heavy atom. The number of rotatable bonds is 4. The van der Waals surface area contributed by atoms with Crippen LogP contribution in [-0.2, 0) is 0 Å². The highest BCUT2D eigenvalue weighted by atomic mass is 35.5. The van der Waals surface area contributed by atoms with E-state index in [-0.39, 0.29) is 5.41 Å². The van der Waals surface area contributed by atoms with E-state index in [1.165, 1.54) is 12.8 Å². The van der Waals surface area contributed by atoms with Gasteiger partial charge in [-0.05, 0) is 43.4 Å². The molecule has 1 aliphatic carbocycles. The number of aromatic nitrogens is 1. The lowest BCUT2D eigenvalue weighted by Gasteiger charge is -2.29. The lowest BCUT2D eigenvalue weighted by molar-refractivity contribution is 0.0762. The largest absolute Gasteiger partial charge is 0.360 e. The van der Waals surface area contributed by atoms with Crippen LogP contribution in [0.4, 0.5) is 0 Å². The van der Waals surface area contributed by atoms with Crippen LogP contribution >= 0.6 is 11.6 Å². The summed E-state index contributed by atoms with van der Waals surface area (Å²) in [5, 5.41) is 1.64. The van der Waals surface area contributed by atoms with E-state index in [0.29, 0.717) is 16.7 Å². The minimum absolute atomic E-state index is 0.161. The van der Waals surface area contributed by atoms with E-state index in [1.54, 1.807) is 0 Å². The first-order chi connectivity index (χ1) is 10.0. The summed E-state index contributed by atoms with van der Waals surface area (Å²) in [4.78, 5) is 16.4. The van der Waals surface area contributed by atoms with Gasteiger partial charge >= 0.3 is 0 Å². The minimum Gasteiger partial charge on any atom is -0.360 e. The van der Waals surface area contributed by atoms with Gasteiger partial charge in [0.15, 0.2) is 5.78 Å². The van der Waals surface area contributed by atoms with Gasteiger partial charge in [-0.25, -0.2) is 0 Å². The van der Waals surface area contributed by atoms with Crippen molar-refractivity contribution in [3.05, 3.63) is 35.0 Å². The lowest BCUT2D eigenvalue weighted by Crippen LogP contribution is -2.29. The average Bonchev–Trinajstić information content (AvgIpc) is 3.04. The first-order valence-electron chi connectivity index (χ1n) is 7.83. The van der Waals surface area contributed by atoms with Crippen LogP contribution < -0.4 is 0 Å². The number of benzene rings is 1. The van der Waals surface area contributed by atoms with Crippen LogP contribution in [0.3, 0.4) is 0 Å². The van der Waals surface area contributed by atoms with Crippen molar-refractivity contribution in [1.82, 2.24) is 4.98 Å². The summed E-state index contributed by atoms with van der Waals surface area (Å²) >= 11 is 6.11. The number of halogens is 1. The third kappa shape index (κ3) is 2.62. The summed E-state index contributed by atoms with van der Waals surface area (Å²) in [5.41, 5.74) is 1.64. The topological polar surface area (TPSA) is 32.9 Å². The van der Waals surface area contributed by atoms with Crippen molar-refractivity contribution in [2.45, 2.75) is 46.0 Å². The maximum absolute atomic E-state index is 13.2. The highest BCUT2D eigenvalue weighted by molar-refractivity contribution is 6.31. The molecule has 0 amide bonds. The van der Waals surface area contributed by atoms with Gasteiger partial charge in [-0.2, -0.15) is 0 Å². The van der Waals surface area contributed by atoms with Crippen LogP contribution in [0.1, 0.15) is 56.3 Å². The van der Waals surface area contributed by atoms with Crippen molar-refractivity contribution < 1.29 is 4.79 Å². The molecule has 1 heterocycles. The maximum atomic E-state index is 13.2. The Hall–Kier alpha value is -1.28. The predicted molar refractivity (Wildman–Crippen MR) is 88.0 cm³/mol. The molecule has 1 saturated carbocycles. The Morgan fingerprint density at radius 1 is 1.33 bits per heavy atom. The Morgan fingerprint density at radius 3 is 2.71 bits per heavy atom. The van der Waals surface area contributed by atoms with Crippen LogP contribution in [0.2, 0.25) is 5.02 Å². The second-order valence-corrected chi connectivity index (χ2v) is 7.24. The Labute approximate surface area is 130 Å². The van der Waals surface area contributed by atoms with Crippen molar-refractivity contribution in [3.8, 4) is 0 Å². The molecule has 0 bridgehead atoms. The molecule has 0 radical (unpaired) electrons. The Balaban J connectivity index is 2.04. The van der Waals surface area contributed by atoms with Crippen LogP contribution in [0, 0.1) is 11.3 Å². The molecule has 112 valence electrons. The van der Waals surface area contributed by atoms with Crippen LogP contribution in [0.5, 0.6) is 0 Å². The summed E-state index contributed by atoms with van der Waals surface area (Å²) in [6, 6.07) is 5.70. The first-order valence-corrected chi connectivity index (χ1v) is 8.21. The SMILES string of the molecule is CC(C)CC1(C(=O)c2c[nH]c3ccc(Cl)cc23)CCCC1. The summed E-state index contributed by atoms with van der Waals surface area (Å²) in [5.74, 6) is 0.850. The van der Waals surface area contributed by atoms with Crippen molar-refractivity contribution in [2.24, 2.45) is 11.3 Å². The number of Topliss-reactive ketones (excluding diaryl/α,β-unsaturated/α-hetero) is 1. The third-order valence-corrected chi connectivity index (χ3v) is 4.96. The number of fused-ring (bicyclic) bond motifs is 1. The van der Waals surface area contributed by atoms with E-state index >= 15 is 0 Å². The smallest absolute Gasteiger partial charge is 0.171 e. The second-order valence-electron chi connectivity index (χ2n) is 6.81. The van der Waals surface area contributed by atoms with E-state index in [9.17, 15) is 4.79 Å². The molecule has 3 heteroatoms. The van der Waals surface area contributed by atoms with Crippen LogP contribution in [-0.4, -0.2) is 10.8 Å². The minimum atomic E-state index is -0.161. The molecule has 1 aromatic carbocycles. The molecule has 3 rings (SSSR count). The molecule has 1 aromatic heterocycles. The van der Waals surface area contributed by atoms with Crippen molar-refractivity contribution >= 4 is 28.3 Å². The number of H-pyrrole nitrogens is 1. The average molecular weight is 304 g/mol. The molecule has 0 spiro atoms. The van der Waals surface area contributed by atoms with E-state index in [2.05, 4.69) is 18.8 Å². The summed E-state index contributed by atoms with van der Waals surface area (Å²) in [6.45, 7) is 4.42. The molecule has 1 aliphatic rings. The third-order valence-electron chi connectivity index (χ3n) is 4.73.